The highest BCUT2D eigenvalue weighted by atomic mass is 32.1. The van der Waals surface area contributed by atoms with Crippen LogP contribution in [-0.2, 0) is 13.2 Å². The molecule has 0 saturated carbocycles. The lowest BCUT2D eigenvalue weighted by atomic mass is 10.2. The van der Waals surface area contributed by atoms with Crippen LogP contribution in [0.25, 0.3) is 10.9 Å². The van der Waals surface area contributed by atoms with Crippen molar-refractivity contribution in [2.75, 3.05) is 0 Å². The molecule has 0 spiro atoms. The fourth-order valence-electron chi connectivity index (χ4n) is 2.57. The van der Waals surface area contributed by atoms with Gasteiger partial charge in [-0.1, -0.05) is 18.2 Å². The molecule has 2 aromatic carbocycles. The summed E-state index contributed by atoms with van der Waals surface area (Å²) in [6, 6.07) is 13.5. The maximum atomic E-state index is 13.2. The number of halogens is 1. The molecule has 0 atom stereocenters. The minimum absolute atomic E-state index is 0.218. The molecule has 130 valence electrons. The number of ether oxygens (including phenoxy) is 1. The molecule has 2 aromatic heterocycles. The Morgan fingerprint density at radius 1 is 1.15 bits per heavy atom. The Hall–Kier alpha value is -3.06. The Bertz CT molecular complexity index is 1110. The largest absolute Gasteiger partial charge is 0.486 e. The molecule has 0 bridgehead atoms. The van der Waals surface area contributed by atoms with Gasteiger partial charge in [-0.3, -0.25) is 9.36 Å². The molecule has 0 fully saturated rings. The van der Waals surface area contributed by atoms with Gasteiger partial charge in [0.05, 0.1) is 29.5 Å². The first-order valence-electron chi connectivity index (χ1n) is 7.95. The standard InChI is InChI=1S/C19H14FN3O2S/c20-13-6-7-16-17(8-13)21-12-23(19(16)24)9-14-11-26-18(22-14)10-25-15-4-2-1-3-5-15/h1-8,11-12H,9-10H2. The lowest BCUT2D eigenvalue weighted by Gasteiger charge is -2.05. The van der Waals surface area contributed by atoms with E-state index in [0.29, 0.717) is 24.1 Å². The van der Waals surface area contributed by atoms with E-state index in [1.54, 1.807) is 0 Å². The molecule has 0 amide bonds. The topological polar surface area (TPSA) is 57.0 Å². The normalized spacial score (nSPS) is 11.0. The second-order valence-electron chi connectivity index (χ2n) is 5.67. The number of rotatable bonds is 5. The third kappa shape index (κ3) is 3.48. The van der Waals surface area contributed by atoms with Gasteiger partial charge in [-0.15, -0.1) is 11.3 Å². The van der Waals surface area contributed by atoms with Gasteiger partial charge >= 0.3 is 0 Å². The summed E-state index contributed by atoms with van der Waals surface area (Å²) in [5.74, 6) is 0.371. The van der Waals surface area contributed by atoms with Gasteiger partial charge in [-0.05, 0) is 24.3 Å². The minimum Gasteiger partial charge on any atom is -0.486 e. The fourth-order valence-corrected chi connectivity index (χ4v) is 3.26. The van der Waals surface area contributed by atoms with Gasteiger partial charge in [0.15, 0.2) is 0 Å². The third-order valence-corrected chi connectivity index (χ3v) is 4.70. The van der Waals surface area contributed by atoms with Crippen LogP contribution in [0.1, 0.15) is 10.7 Å². The molecular weight excluding hydrogens is 353 g/mol. The monoisotopic (exact) mass is 367 g/mol. The molecule has 2 heterocycles. The van der Waals surface area contributed by atoms with Gasteiger partial charge in [-0.25, -0.2) is 14.4 Å². The van der Waals surface area contributed by atoms with Gasteiger partial charge in [0.2, 0.25) is 0 Å². The number of hydrogen-bond donors (Lipinski definition) is 0. The number of fused-ring (bicyclic) bond motifs is 1. The number of thiazole rings is 1. The predicted molar refractivity (Wildman–Crippen MR) is 98.0 cm³/mol. The highest BCUT2D eigenvalue weighted by Gasteiger charge is 2.08. The van der Waals surface area contributed by atoms with Crippen LogP contribution in [0.2, 0.25) is 0 Å². The van der Waals surface area contributed by atoms with E-state index in [1.807, 2.05) is 35.7 Å². The number of benzene rings is 2. The summed E-state index contributed by atoms with van der Waals surface area (Å²) in [5, 5.41) is 3.11. The van der Waals surface area contributed by atoms with Crippen LogP contribution in [0.15, 0.2) is 65.0 Å². The fraction of sp³-hybridized carbons (Fsp3) is 0.105. The van der Waals surface area contributed by atoms with Crippen molar-refractivity contribution in [3.8, 4) is 5.75 Å². The van der Waals surface area contributed by atoms with Gasteiger partial charge in [0, 0.05) is 11.4 Å². The molecule has 7 heteroatoms. The van der Waals surface area contributed by atoms with Gasteiger partial charge in [0.25, 0.3) is 5.56 Å². The van der Waals surface area contributed by atoms with Crippen molar-refractivity contribution in [2.45, 2.75) is 13.2 Å². The van der Waals surface area contributed by atoms with Crippen molar-refractivity contribution < 1.29 is 9.13 Å². The second kappa shape index (κ2) is 7.05. The maximum absolute atomic E-state index is 13.2. The Balaban J connectivity index is 1.50. The summed E-state index contributed by atoms with van der Waals surface area (Å²) < 4.78 is 20.4. The zero-order valence-electron chi connectivity index (χ0n) is 13.6. The Kier molecular flexibility index (Phi) is 4.45. The van der Waals surface area contributed by atoms with Crippen molar-refractivity contribution >= 4 is 22.2 Å². The summed E-state index contributed by atoms with van der Waals surface area (Å²) in [7, 11) is 0. The van der Waals surface area contributed by atoms with E-state index in [0.717, 1.165) is 16.5 Å². The van der Waals surface area contributed by atoms with Crippen LogP contribution in [0.3, 0.4) is 0 Å². The Morgan fingerprint density at radius 2 is 2.00 bits per heavy atom. The summed E-state index contributed by atoms with van der Waals surface area (Å²) in [6.07, 6.45) is 1.42. The van der Waals surface area contributed by atoms with Crippen LogP contribution in [0.5, 0.6) is 5.75 Å². The van der Waals surface area contributed by atoms with E-state index < -0.39 is 5.82 Å². The number of aromatic nitrogens is 3. The van der Waals surface area contributed by atoms with Crippen molar-refractivity contribution in [3.05, 3.63) is 87.1 Å². The van der Waals surface area contributed by atoms with Crippen molar-refractivity contribution in [2.24, 2.45) is 0 Å². The van der Waals surface area contributed by atoms with Crippen LogP contribution in [0.4, 0.5) is 4.39 Å². The lowest BCUT2D eigenvalue weighted by Crippen LogP contribution is -2.21. The van der Waals surface area contributed by atoms with Crippen LogP contribution < -0.4 is 10.3 Å². The molecule has 0 radical (unpaired) electrons. The maximum Gasteiger partial charge on any atom is 0.261 e. The molecule has 0 aliphatic heterocycles. The van der Waals surface area contributed by atoms with Gasteiger partial charge in [-0.2, -0.15) is 0 Å². The smallest absolute Gasteiger partial charge is 0.261 e. The summed E-state index contributed by atoms with van der Waals surface area (Å²) in [6.45, 7) is 0.680. The number of hydrogen-bond acceptors (Lipinski definition) is 5. The van der Waals surface area contributed by atoms with E-state index in [4.69, 9.17) is 4.74 Å². The van der Waals surface area contributed by atoms with Crippen molar-refractivity contribution in [1.29, 1.82) is 0 Å². The molecule has 5 nitrogen and oxygen atoms in total. The molecular formula is C19H14FN3O2S. The number of nitrogens with zero attached hydrogens (tertiary/aromatic N) is 3. The first-order valence-corrected chi connectivity index (χ1v) is 8.83. The lowest BCUT2D eigenvalue weighted by molar-refractivity contribution is 0.305. The minimum atomic E-state index is -0.412. The van der Waals surface area contributed by atoms with E-state index >= 15 is 0 Å². The summed E-state index contributed by atoms with van der Waals surface area (Å²) in [4.78, 5) is 21.2. The van der Waals surface area contributed by atoms with E-state index in [-0.39, 0.29) is 5.56 Å². The van der Waals surface area contributed by atoms with Crippen LogP contribution >= 0.6 is 11.3 Å². The molecule has 0 aliphatic rings. The Morgan fingerprint density at radius 3 is 2.85 bits per heavy atom. The number of para-hydroxylation sites is 1. The SMILES string of the molecule is O=c1c2ccc(F)cc2ncn1Cc1csc(COc2ccccc2)n1. The Labute approximate surface area is 152 Å². The molecule has 0 aliphatic carbocycles. The van der Waals surface area contributed by atoms with Crippen LogP contribution in [-0.4, -0.2) is 14.5 Å². The highest BCUT2D eigenvalue weighted by molar-refractivity contribution is 7.09. The molecule has 0 unspecified atom stereocenters. The van der Waals surface area contributed by atoms with Crippen LogP contribution in [0, 0.1) is 5.82 Å². The predicted octanol–water partition coefficient (Wildman–Crippen LogP) is 3.62. The van der Waals surface area contributed by atoms with Crippen molar-refractivity contribution in [3.63, 3.8) is 0 Å². The zero-order valence-corrected chi connectivity index (χ0v) is 14.4. The van der Waals surface area contributed by atoms with Gasteiger partial charge < -0.3 is 4.74 Å². The average Bonchev–Trinajstić information content (AvgIpc) is 3.11. The highest BCUT2D eigenvalue weighted by Crippen LogP contribution is 2.16. The molecule has 4 aromatic rings. The average molecular weight is 367 g/mol. The second-order valence-corrected chi connectivity index (χ2v) is 6.62. The first-order chi connectivity index (χ1) is 12.7. The third-order valence-electron chi connectivity index (χ3n) is 3.82. The molecule has 0 N–H and O–H groups in total. The molecule has 26 heavy (non-hydrogen) atoms. The molecule has 4 rings (SSSR count). The zero-order chi connectivity index (χ0) is 17.9. The first kappa shape index (κ1) is 16.4. The summed E-state index contributed by atoms with van der Waals surface area (Å²) >= 11 is 1.48. The van der Waals surface area contributed by atoms with E-state index in [9.17, 15) is 9.18 Å². The summed E-state index contributed by atoms with van der Waals surface area (Å²) in [5.41, 5.74) is 0.888. The molecule has 0 saturated heterocycles. The quantitative estimate of drug-likeness (QED) is 0.541. The van der Waals surface area contributed by atoms with E-state index in [1.165, 1.54) is 40.4 Å². The van der Waals surface area contributed by atoms with Gasteiger partial charge in [0.1, 0.15) is 23.2 Å². The van der Waals surface area contributed by atoms with E-state index in [2.05, 4.69) is 9.97 Å². The van der Waals surface area contributed by atoms with Crippen molar-refractivity contribution in [1.82, 2.24) is 14.5 Å².